The minimum Gasteiger partial charge on any atom is -0.378 e. The number of morpholine rings is 1. The first-order chi connectivity index (χ1) is 17.8. The highest BCUT2D eigenvalue weighted by molar-refractivity contribution is 14.1. The van der Waals surface area contributed by atoms with Crippen molar-refractivity contribution in [1.29, 1.82) is 5.26 Å². The Morgan fingerprint density at radius 1 is 1.19 bits per heavy atom. The van der Waals surface area contributed by atoms with E-state index in [9.17, 15) is 14.9 Å². The summed E-state index contributed by atoms with van der Waals surface area (Å²) < 4.78 is 5.23. The average Bonchev–Trinajstić information content (AvgIpc) is 3.16. The van der Waals surface area contributed by atoms with E-state index < -0.39 is 11.5 Å². The summed E-state index contributed by atoms with van der Waals surface area (Å²) in [6, 6.07) is 17.8. The Bertz CT molecular complexity index is 1210. The second-order valence-electron chi connectivity index (χ2n) is 10.2. The first-order valence-electron chi connectivity index (χ1n) is 12.7. The van der Waals surface area contributed by atoms with E-state index in [1.165, 1.54) is 0 Å². The second-order valence-corrected chi connectivity index (χ2v) is 11.4. The number of carbonyl (C=O) groups excluding carboxylic acids is 2. The van der Waals surface area contributed by atoms with Gasteiger partial charge in [0.05, 0.1) is 37.1 Å². The fraction of sp³-hybridized carbons (Fsp3) is 0.464. The number of nitrogens with one attached hydrogen (secondary N) is 1. The number of nitrogens with zero attached hydrogens (tertiary/aromatic N) is 4. The smallest absolute Gasteiger partial charge is 0.242 e. The third-order valence-corrected chi connectivity index (χ3v) is 9.65. The molecule has 0 aliphatic carbocycles. The van der Waals surface area contributed by atoms with Gasteiger partial charge in [-0.1, -0.05) is 59.0 Å². The summed E-state index contributed by atoms with van der Waals surface area (Å²) in [5.74, 6) is -0.0199. The summed E-state index contributed by atoms with van der Waals surface area (Å²) >= 11 is 2.37. The van der Waals surface area contributed by atoms with Crippen molar-refractivity contribution >= 4 is 40.1 Å². The van der Waals surface area contributed by atoms with Gasteiger partial charge >= 0.3 is 0 Å². The Morgan fingerprint density at radius 3 is 2.62 bits per heavy atom. The summed E-state index contributed by atoms with van der Waals surface area (Å²) in [5, 5.41) is 13.0. The zero-order valence-corrected chi connectivity index (χ0v) is 23.3. The third kappa shape index (κ3) is 4.76. The SMILES string of the molecule is C[C@@H]1CN(CC(=O)N2c3cc(C#N)ccc3[C@](C)(c3ccccc3)C2I)[C@@H](C(=O)N2CCOCC2)CN1. The maximum Gasteiger partial charge on any atom is 0.242 e. The van der Waals surface area contributed by atoms with E-state index in [-0.39, 0.29) is 28.4 Å². The molecule has 2 aromatic carbocycles. The number of carbonyl (C=O) groups is 2. The van der Waals surface area contributed by atoms with E-state index in [4.69, 9.17) is 4.74 Å². The predicted molar refractivity (Wildman–Crippen MR) is 150 cm³/mol. The molecule has 4 atom stereocenters. The molecule has 2 saturated heterocycles. The average molecular weight is 613 g/mol. The lowest BCUT2D eigenvalue weighted by molar-refractivity contribution is -0.142. The molecule has 2 amide bonds. The molecule has 5 rings (SSSR count). The van der Waals surface area contributed by atoms with Gasteiger partial charge in [0.1, 0.15) is 10.1 Å². The lowest BCUT2D eigenvalue weighted by Crippen LogP contribution is -2.63. The molecule has 0 radical (unpaired) electrons. The van der Waals surface area contributed by atoms with Gasteiger partial charge in [0, 0.05) is 37.6 Å². The highest BCUT2D eigenvalue weighted by atomic mass is 127. The van der Waals surface area contributed by atoms with Crippen LogP contribution in [-0.2, 0) is 19.7 Å². The van der Waals surface area contributed by atoms with E-state index in [0.717, 1.165) is 16.8 Å². The van der Waals surface area contributed by atoms with Crippen molar-refractivity contribution in [3.05, 3.63) is 65.2 Å². The van der Waals surface area contributed by atoms with Crippen LogP contribution in [-0.4, -0.2) is 83.7 Å². The zero-order chi connectivity index (χ0) is 26.2. The van der Waals surface area contributed by atoms with Gasteiger partial charge in [-0.25, -0.2) is 0 Å². The molecular weight excluding hydrogens is 581 g/mol. The lowest BCUT2D eigenvalue weighted by Gasteiger charge is -2.41. The van der Waals surface area contributed by atoms with Crippen LogP contribution in [0.2, 0.25) is 0 Å². The van der Waals surface area contributed by atoms with E-state index in [1.807, 2.05) is 51.1 Å². The molecule has 0 saturated carbocycles. The summed E-state index contributed by atoms with van der Waals surface area (Å²) in [4.78, 5) is 33.2. The van der Waals surface area contributed by atoms with Crippen molar-refractivity contribution < 1.29 is 14.3 Å². The monoisotopic (exact) mass is 613 g/mol. The predicted octanol–water partition coefficient (Wildman–Crippen LogP) is 2.49. The van der Waals surface area contributed by atoms with Crippen LogP contribution in [0, 0.1) is 11.3 Å². The molecule has 3 aliphatic heterocycles. The van der Waals surface area contributed by atoms with Crippen molar-refractivity contribution in [3.63, 3.8) is 0 Å². The van der Waals surface area contributed by atoms with Gasteiger partial charge in [0.25, 0.3) is 0 Å². The van der Waals surface area contributed by atoms with Crippen LogP contribution in [0.5, 0.6) is 0 Å². The van der Waals surface area contributed by atoms with Gasteiger partial charge in [0.2, 0.25) is 11.8 Å². The van der Waals surface area contributed by atoms with Gasteiger partial charge in [0.15, 0.2) is 0 Å². The molecule has 8 nitrogen and oxygen atoms in total. The molecule has 2 fully saturated rings. The van der Waals surface area contributed by atoms with Crippen LogP contribution in [0.25, 0.3) is 0 Å². The third-order valence-electron chi connectivity index (χ3n) is 7.85. The number of nitriles is 1. The Balaban J connectivity index is 1.46. The summed E-state index contributed by atoms with van der Waals surface area (Å²) in [6.07, 6.45) is 0. The van der Waals surface area contributed by atoms with Crippen molar-refractivity contribution in [1.82, 2.24) is 15.1 Å². The number of benzene rings is 2. The number of piperazine rings is 1. The van der Waals surface area contributed by atoms with Gasteiger partial charge in [-0.15, -0.1) is 0 Å². The molecule has 3 heterocycles. The van der Waals surface area contributed by atoms with Crippen molar-refractivity contribution in [2.75, 3.05) is 50.8 Å². The second kappa shape index (κ2) is 10.7. The van der Waals surface area contributed by atoms with Crippen LogP contribution in [0.3, 0.4) is 0 Å². The molecule has 0 spiro atoms. The summed E-state index contributed by atoms with van der Waals surface area (Å²) in [5.41, 5.74) is 3.00. The molecule has 37 heavy (non-hydrogen) atoms. The maximum atomic E-state index is 14.1. The highest BCUT2D eigenvalue weighted by Crippen LogP contribution is 2.52. The number of amides is 2. The fourth-order valence-corrected chi connectivity index (χ4v) is 7.04. The first kappa shape index (κ1) is 26.1. The van der Waals surface area contributed by atoms with Crippen LogP contribution < -0.4 is 10.2 Å². The quantitative estimate of drug-likeness (QED) is 0.324. The molecule has 1 N–H and O–H groups in total. The number of ether oxygens (including phenoxy) is 1. The van der Waals surface area contributed by atoms with Crippen LogP contribution in [0.1, 0.15) is 30.5 Å². The maximum absolute atomic E-state index is 14.1. The van der Waals surface area contributed by atoms with Crippen molar-refractivity contribution in [2.45, 2.75) is 35.4 Å². The minimum atomic E-state index is -0.444. The number of hydrogen-bond donors (Lipinski definition) is 1. The van der Waals surface area contributed by atoms with E-state index in [2.05, 4.69) is 60.0 Å². The van der Waals surface area contributed by atoms with E-state index >= 15 is 0 Å². The van der Waals surface area contributed by atoms with Gasteiger partial charge < -0.3 is 15.0 Å². The number of fused-ring (bicyclic) bond motifs is 1. The van der Waals surface area contributed by atoms with Crippen LogP contribution in [0.4, 0.5) is 5.69 Å². The number of hydrogen-bond acceptors (Lipinski definition) is 6. The molecular formula is C28H32IN5O3. The standard InChI is InChI=1S/C28H32IN5O3/c1-19-17-33(24(16-31-19)26(36)32-10-12-37-13-11-32)18-25(35)34-23-14-20(15-30)8-9-22(23)28(2,27(34)29)21-6-4-3-5-7-21/h3-9,14,19,24,27,31H,10-13,16-18H2,1-2H3/t19-,24-,27?,28+/m1/s1. The Morgan fingerprint density at radius 2 is 1.92 bits per heavy atom. The van der Waals surface area contributed by atoms with Crippen molar-refractivity contribution in [3.8, 4) is 6.07 Å². The number of halogens is 1. The summed E-state index contributed by atoms with van der Waals surface area (Å²) in [7, 11) is 0. The van der Waals surface area contributed by atoms with Crippen molar-refractivity contribution in [2.24, 2.45) is 0 Å². The fourth-order valence-electron chi connectivity index (χ4n) is 5.73. The lowest BCUT2D eigenvalue weighted by atomic mass is 9.78. The largest absolute Gasteiger partial charge is 0.378 e. The number of alkyl halides is 1. The zero-order valence-electron chi connectivity index (χ0n) is 21.2. The molecule has 9 heteroatoms. The molecule has 194 valence electrons. The number of anilines is 1. The molecule has 0 aromatic heterocycles. The minimum absolute atomic E-state index is 0.0456. The van der Waals surface area contributed by atoms with Gasteiger partial charge in [-0.2, -0.15) is 5.26 Å². The van der Waals surface area contributed by atoms with Gasteiger partial charge in [-0.05, 0) is 37.1 Å². The normalized spacial score (nSPS) is 28.0. The van der Waals surface area contributed by atoms with Crippen LogP contribution in [0.15, 0.2) is 48.5 Å². The Kier molecular flexibility index (Phi) is 7.54. The molecule has 3 aliphatic rings. The van der Waals surface area contributed by atoms with E-state index in [0.29, 0.717) is 45.0 Å². The van der Waals surface area contributed by atoms with Crippen LogP contribution >= 0.6 is 22.6 Å². The van der Waals surface area contributed by atoms with Gasteiger partial charge in [-0.3, -0.25) is 19.4 Å². The first-order valence-corrected chi connectivity index (χ1v) is 14.0. The molecule has 1 unspecified atom stereocenters. The Labute approximate surface area is 231 Å². The Hall–Kier alpha value is -2.52. The number of rotatable bonds is 4. The van der Waals surface area contributed by atoms with E-state index in [1.54, 1.807) is 0 Å². The highest BCUT2D eigenvalue weighted by Gasteiger charge is 2.50. The summed E-state index contributed by atoms with van der Waals surface area (Å²) in [6.45, 7) is 7.72. The molecule has 2 aromatic rings. The molecule has 0 bridgehead atoms. The topological polar surface area (TPSA) is 88.9 Å².